The lowest BCUT2D eigenvalue weighted by molar-refractivity contribution is -0.120. The molecule has 0 bridgehead atoms. The van der Waals surface area contributed by atoms with E-state index >= 15 is 0 Å². The van der Waals surface area contributed by atoms with E-state index in [9.17, 15) is 9.90 Å². The number of phenols is 1. The van der Waals surface area contributed by atoms with E-state index in [1.807, 2.05) is 26.0 Å². The highest BCUT2D eigenvalue weighted by molar-refractivity contribution is 5.78. The van der Waals surface area contributed by atoms with Crippen LogP contribution in [0.1, 0.15) is 32.8 Å². The summed E-state index contributed by atoms with van der Waals surface area (Å²) in [5.74, 6) is 0.326. The number of hydrogen-bond acceptors (Lipinski definition) is 3. The molecule has 0 aliphatic rings. The summed E-state index contributed by atoms with van der Waals surface area (Å²) in [5, 5.41) is 15.3. The number of aromatic hydroxyl groups is 1. The van der Waals surface area contributed by atoms with E-state index in [1.54, 1.807) is 12.1 Å². The SMILES string of the molecule is CC(C)NC(=O)CNC(C)CCc1ccc(O)cc1. The highest BCUT2D eigenvalue weighted by Crippen LogP contribution is 2.11. The molecule has 1 aromatic carbocycles. The maximum absolute atomic E-state index is 11.5. The third kappa shape index (κ3) is 6.82. The lowest BCUT2D eigenvalue weighted by Crippen LogP contribution is -2.40. The molecule has 0 fully saturated rings. The second-order valence-corrected chi connectivity index (χ2v) is 5.21. The number of phenolic OH excluding ortho intramolecular Hbond substituents is 1. The topological polar surface area (TPSA) is 61.4 Å². The zero-order valence-corrected chi connectivity index (χ0v) is 11.9. The summed E-state index contributed by atoms with van der Waals surface area (Å²) < 4.78 is 0. The van der Waals surface area contributed by atoms with Crippen molar-refractivity contribution in [3.05, 3.63) is 29.8 Å². The first kappa shape index (κ1) is 15.5. The standard InChI is InChI=1S/C15H24N2O2/c1-11(2)17-15(19)10-16-12(3)4-5-13-6-8-14(18)9-7-13/h6-9,11-12,16,18H,4-5,10H2,1-3H3,(H,17,19). The number of amides is 1. The molecule has 1 atom stereocenters. The van der Waals surface area contributed by atoms with Crippen LogP contribution in [0, 0.1) is 0 Å². The van der Waals surface area contributed by atoms with Gasteiger partial charge in [-0.25, -0.2) is 0 Å². The van der Waals surface area contributed by atoms with Crippen LogP contribution in [0.3, 0.4) is 0 Å². The largest absolute Gasteiger partial charge is 0.508 e. The summed E-state index contributed by atoms with van der Waals surface area (Å²) in [5.41, 5.74) is 1.19. The fourth-order valence-corrected chi connectivity index (χ4v) is 1.79. The predicted molar refractivity (Wildman–Crippen MR) is 77.2 cm³/mol. The predicted octanol–water partition coefficient (Wildman–Crippen LogP) is 1.83. The maximum atomic E-state index is 11.5. The number of rotatable bonds is 7. The Bertz CT molecular complexity index is 388. The fourth-order valence-electron chi connectivity index (χ4n) is 1.79. The van der Waals surface area contributed by atoms with Crippen molar-refractivity contribution in [2.24, 2.45) is 0 Å². The van der Waals surface area contributed by atoms with Crippen LogP contribution in [0.4, 0.5) is 0 Å². The molecule has 106 valence electrons. The molecule has 4 nitrogen and oxygen atoms in total. The van der Waals surface area contributed by atoms with E-state index < -0.39 is 0 Å². The summed E-state index contributed by atoms with van der Waals surface area (Å²) in [4.78, 5) is 11.5. The van der Waals surface area contributed by atoms with Gasteiger partial charge in [0.1, 0.15) is 5.75 Å². The molecular formula is C15H24N2O2. The van der Waals surface area contributed by atoms with Crippen molar-refractivity contribution in [2.75, 3.05) is 6.54 Å². The van der Waals surface area contributed by atoms with Crippen LogP contribution in [-0.4, -0.2) is 29.6 Å². The van der Waals surface area contributed by atoms with Gasteiger partial charge in [0.15, 0.2) is 0 Å². The maximum Gasteiger partial charge on any atom is 0.234 e. The van der Waals surface area contributed by atoms with Gasteiger partial charge in [-0.1, -0.05) is 12.1 Å². The molecule has 0 aliphatic carbocycles. The van der Waals surface area contributed by atoms with E-state index in [0.717, 1.165) is 12.8 Å². The summed E-state index contributed by atoms with van der Waals surface area (Å²) >= 11 is 0. The molecule has 0 aliphatic heterocycles. The van der Waals surface area contributed by atoms with E-state index in [2.05, 4.69) is 17.6 Å². The second kappa shape index (κ2) is 7.79. The third-order valence-corrected chi connectivity index (χ3v) is 2.86. The van der Waals surface area contributed by atoms with Gasteiger partial charge in [0.25, 0.3) is 0 Å². The second-order valence-electron chi connectivity index (χ2n) is 5.21. The number of benzene rings is 1. The molecule has 0 radical (unpaired) electrons. The van der Waals surface area contributed by atoms with Gasteiger partial charge in [0, 0.05) is 12.1 Å². The summed E-state index contributed by atoms with van der Waals surface area (Å²) in [7, 11) is 0. The molecule has 19 heavy (non-hydrogen) atoms. The number of aryl methyl sites for hydroxylation is 1. The number of carbonyl (C=O) groups is 1. The molecule has 0 aromatic heterocycles. The quantitative estimate of drug-likeness (QED) is 0.704. The van der Waals surface area contributed by atoms with Gasteiger partial charge in [-0.3, -0.25) is 4.79 Å². The molecule has 3 N–H and O–H groups in total. The molecule has 1 amide bonds. The lowest BCUT2D eigenvalue weighted by atomic mass is 10.1. The number of nitrogens with one attached hydrogen (secondary N) is 2. The minimum Gasteiger partial charge on any atom is -0.508 e. The van der Waals surface area contributed by atoms with Gasteiger partial charge in [-0.2, -0.15) is 0 Å². The van der Waals surface area contributed by atoms with E-state index in [4.69, 9.17) is 0 Å². The molecule has 0 saturated carbocycles. The average Bonchev–Trinajstić information content (AvgIpc) is 2.35. The van der Waals surface area contributed by atoms with E-state index in [1.165, 1.54) is 5.56 Å². The summed E-state index contributed by atoms with van der Waals surface area (Å²) in [6.45, 7) is 6.33. The highest BCUT2D eigenvalue weighted by atomic mass is 16.3. The van der Waals surface area contributed by atoms with Crippen LogP contribution >= 0.6 is 0 Å². The third-order valence-electron chi connectivity index (χ3n) is 2.86. The smallest absolute Gasteiger partial charge is 0.234 e. The lowest BCUT2D eigenvalue weighted by Gasteiger charge is -2.14. The van der Waals surface area contributed by atoms with Crippen molar-refractivity contribution < 1.29 is 9.90 Å². The van der Waals surface area contributed by atoms with Crippen molar-refractivity contribution in [3.8, 4) is 5.75 Å². The van der Waals surface area contributed by atoms with Gasteiger partial charge in [-0.15, -0.1) is 0 Å². The van der Waals surface area contributed by atoms with Crippen molar-refractivity contribution in [2.45, 2.75) is 45.7 Å². The van der Waals surface area contributed by atoms with Gasteiger partial charge in [-0.05, 0) is 51.3 Å². The van der Waals surface area contributed by atoms with E-state index in [0.29, 0.717) is 12.3 Å². The van der Waals surface area contributed by atoms with Crippen molar-refractivity contribution in [3.63, 3.8) is 0 Å². The fraction of sp³-hybridized carbons (Fsp3) is 0.533. The first-order valence-corrected chi connectivity index (χ1v) is 6.78. The average molecular weight is 264 g/mol. The Hall–Kier alpha value is -1.55. The molecular weight excluding hydrogens is 240 g/mol. The Kier molecular flexibility index (Phi) is 6.36. The molecule has 4 heteroatoms. The van der Waals surface area contributed by atoms with Crippen LogP contribution < -0.4 is 10.6 Å². The van der Waals surface area contributed by atoms with Crippen LogP contribution in [0.2, 0.25) is 0 Å². The van der Waals surface area contributed by atoms with E-state index in [-0.39, 0.29) is 18.0 Å². The normalized spacial score (nSPS) is 12.4. The minimum absolute atomic E-state index is 0.0338. The zero-order chi connectivity index (χ0) is 14.3. The van der Waals surface area contributed by atoms with Crippen LogP contribution in [0.25, 0.3) is 0 Å². The Morgan fingerprint density at radius 3 is 2.42 bits per heavy atom. The summed E-state index contributed by atoms with van der Waals surface area (Å²) in [6.07, 6.45) is 1.89. The van der Waals surface area contributed by atoms with Gasteiger partial charge < -0.3 is 15.7 Å². The Labute approximate surface area is 115 Å². The molecule has 1 unspecified atom stereocenters. The Morgan fingerprint density at radius 1 is 1.21 bits per heavy atom. The first-order valence-electron chi connectivity index (χ1n) is 6.78. The van der Waals surface area contributed by atoms with Crippen LogP contribution in [-0.2, 0) is 11.2 Å². The molecule has 0 spiro atoms. The zero-order valence-electron chi connectivity index (χ0n) is 11.9. The van der Waals surface area contributed by atoms with Crippen LogP contribution in [0.5, 0.6) is 5.75 Å². The summed E-state index contributed by atoms with van der Waals surface area (Å²) in [6, 6.07) is 7.71. The minimum atomic E-state index is 0.0338. The molecule has 0 saturated heterocycles. The number of hydrogen-bond donors (Lipinski definition) is 3. The molecule has 1 rings (SSSR count). The Balaban J connectivity index is 2.22. The van der Waals surface area contributed by atoms with Crippen LogP contribution in [0.15, 0.2) is 24.3 Å². The van der Waals surface area contributed by atoms with Crippen molar-refractivity contribution >= 4 is 5.91 Å². The Morgan fingerprint density at radius 2 is 1.84 bits per heavy atom. The van der Waals surface area contributed by atoms with Gasteiger partial charge in [0.05, 0.1) is 6.54 Å². The highest BCUT2D eigenvalue weighted by Gasteiger charge is 2.06. The van der Waals surface area contributed by atoms with Crippen molar-refractivity contribution in [1.29, 1.82) is 0 Å². The molecule has 0 heterocycles. The van der Waals surface area contributed by atoms with Gasteiger partial charge in [0.2, 0.25) is 5.91 Å². The first-order chi connectivity index (χ1) is 8.97. The van der Waals surface area contributed by atoms with Crippen molar-refractivity contribution in [1.82, 2.24) is 10.6 Å². The van der Waals surface area contributed by atoms with Gasteiger partial charge >= 0.3 is 0 Å². The monoisotopic (exact) mass is 264 g/mol. The number of carbonyl (C=O) groups excluding carboxylic acids is 1. The molecule has 1 aromatic rings.